The van der Waals surface area contributed by atoms with Crippen LogP contribution in [0.15, 0.2) is 53.4 Å². The lowest BCUT2D eigenvalue weighted by Gasteiger charge is -2.23. The number of benzene rings is 2. The molecule has 1 atom stereocenters. The van der Waals surface area contributed by atoms with E-state index >= 15 is 0 Å². The van der Waals surface area contributed by atoms with Crippen LogP contribution in [0.25, 0.3) is 0 Å². The van der Waals surface area contributed by atoms with E-state index in [4.69, 9.17) is 4.74 Å². The molecule has 5 nitrogen and oxygen atoms in total. The Kier molecular flexibility index (Phi) is 5.28. The Balaban J connectivity index is 1.60. The van der Waals surface area contributed by atoms with Crippen molar-refractivity contribution < 1.29 is 14.3 Å². The van der Waals surface area contributed by atoms with Gasteiger partial charge in [-0.3, -0.25) is 9.59 Å². The van der Waals surface area contributed by atoms with Crippen LogP contribution in [0.1, 0.15) is 17.3 Å². The average Bonchev–Trinajstić information content (AvgIpc) is 2.62. The maximum Gasteiger partial charge on any atom is 0.253 e. The molecule has 130 valence electrons. The molecule has 2 aromatic carbocycles. The quantitative estimate of drug-likeness (QED) is 0.893. The van der Waals surface area contributed by atoms with E-state index in [0.717, 1.165) is 10.6 Å². The molecule has 0 saturated heterocycles. The largest absolute Gasteiger partial charge is 0.492 e. The second kappa shape index (κ2) is 7.61. The Morgan fingerprint density at radius 3 is 2.76 bits per heavy atom. The van der Waals surface area contributed by atoms with Crippen LogP contribution in [0.5, 0.6) is 5.75 Å². The molecule has 1 heterocycles. The number of hydrogen-bond acceptors (Lipinski definition) is 4. The summed E-state index contributed by atoms with van der Waals surface area (Å²) in [6.07, 6.45) is 0. The minimum atomic E-state index is -0.119. The van der Waals surface area contributed by atoms with Gasteiger partial charge in [0.15, 0.2) is 0 Å². The molecule has 0 unspecified atom stereocenters. The number of thioether (sulfide) groups is 1. The Labute approximate surface area is 151 Å². The molecule has 0 aliphatic carbocycles. The summed E-state index contributed by atoms with van der Waals surface area (Å²) in [5.41, 5.74) is 1.25. The lowest BCUT2D eigenvalue weighted by Crippen LogP contribution is -2.31. The number of nitrogens with one attached hydrogen (secondary N) is 1. The number of carbonyl (C=O) groups is 2. The molecule has 0 spiro atoms. The molecular formula is C19H20N2O3S. The lowest BCUT2D eigenvalue weighted by atomic mass is 10.1. The predicted molar refractivity (Wildman–Crippen MR) is 99.3 cm³/mol. The van der Waals surface area contributed by atoms with Crippen molar-refractivity contribution >= 4 is 29.3 Å². The Hall–Kier alpha value is -2.47. The number of likely N-dealkylation sites (N-methyl/N-ethyl adjacent to an activating group) is 1. The first-order chi connectivity index (χ1) is 12.0. The molecule has 1 N–H and O–H groups in total. The summed E-state index contributed by atoms with van der Waals surface area (Å²) in [4.78, 5) is 27.0. The topological polar surface area (TPSA) is 58.6 Å². The Bertz CT molecular complexity index is 779. The third kappa shape index (κ3) is 4.14. The molecule has 1 aliphatic heterocycles. The number of rotatable bonds is 5. The first-order valence-electron chi connectivity index (χ1n) is 8.09. The summed E-state index contributed by atoms with van der Waals surface area (Å²) < 4.78 is 5.62. The van der Waals surface area contributed by atoms with Gasteiger partial charge in [-0.15, -0.1) is 11.8 Å². The number of para-hydroxylation sites is 1. The van der Waals surface area contributed by atoms with Gasteiger partial charge in [-0.05, 0) is 37.3 Å². The number of amides is 2. The predicted octanol–water partition coefficient (Wildman–Crippen LogP) is 3.27. The normalized spacial score (nSPS) is 15.9. The highest BCUT2D eigenvalue weighted by Crippen LogP contribution is 2.36. The van der Waals surface area contributed by atoms with E-state index in [1.54, 1.807) is 24.1 Å². The summed E-state index contributed by atoms with van der Waals surface area (Å²) in [5.74, 6) is 0.648. The van der Waals surface area contributed by atoms with E-state index < -0.39 is 0 Å². The minimum Gasteiger partial charge on any atom is -0.492 e. The molecule has 2 aromatic rings. The third-order valence-corrected chi connectivity index (χ3v) is 5.12. The van der Waals surface area contributed by atoms with Gasteiger partial charge >= 0.3 is 0 Å². The molecule has 0 aromatic heterocycles. The third-order valence-electron chi connectivity index (χ3n) is 3.94. The van der Waals surface area contributed by atoms with Crippen LogP contribution >= 0.6 is 11.8 Å². The number of nitrogens with zero attached hydrogens (tertiary/aromatic N) is 1. The van der Waals surface area contributed by atoms with Crippen molar-refractivity contribution in [2.24, 2.45) is 0 Å². The van der Waals surface area contributed by atoms with Crippen LogP contribution in [0, 0.1) is 0 Å². The lowest BCUT2D eigenvalue weighted by molar-refractivity contribution is -0.115. The van der Waals surface area contributed by atoms with Crippen molar-refractivity contribution in [3.8, 4) is 5.75 Å². The summed E-state index contributed by atoms with van der Waals surface area (Å²) in [7, 11) is 1.74. The van der Waals surface area contributed by atoms with E-state index in [1.165, 1.54) is 11.8 Å². The molecule has 3 rings (SSSR count). The van der Waals surface area contributed by atoms with E-state index in [9.17, 15) is 9.59 Å². The summed E-state index contributed by atoms with van der Waals surface area (Å²) in [6.45, 7) is 2.76. The van der Waals surface area contributed by atoms with Crippen molar-refractivity contribution in [1.29, 1.82) is 0 Å². The molecule has 0 radical (unpaired) electrons. The van der Waals surface area contributed by atoms with Crippen LogP contribution < -0.4 is 10.1 Å². The van der Waals surface area contributed by atoms with Gasteiger partial charge in [0.05, 0.1) is 17.5 Å². The second-order valence-electron chi connectivity index (χ2n) is 5.85. The Morgan fingerprint density at radius 2 is 2.00 bits per heavy atom. The van der Waals surface area contributed by atoms with Gasteiger partial charge in [0, 0.05) is 17.5 Å². The smallest absolute Gasteiger partial charge is 0.253 e. The highest BCUT2D eigenvalue weighted by Gasteiger charge is 2.24. The van der Waals surface area contributed by atoms with Crippen LogP contribution in [0.2, 0.25) is 0 Å². The van der Waals surface area contributed by atoms with Crippen LogP contribution in [0.4, 0.5) is 5.69 Å². The van der Waals surface area contributed by atoms with Gasteiger partial charge < -0.3 is 15.0 Å². The number of hydrogen-bond donors (Lipinski definition) is 1. The van der Waals surface area contributed by atoms with Crippen molar-refractivity contribution in [2.45, 2.75) is 17.1 Å². The van der Waals surface area contributed by atoms with Crippen molar-refractivity contribution in [3.63, 3.8) is 0 Å². The zero-order valence-corrected chi connectivity index (χ0v) is 15.0. The van der Waals surface area contributed by atoms with Gasteiger partial charge in [-0.25, -0.2) is 0 Å². The van der Waals surface area contributed by atoms with Gasteiger partial charge in [-0.1, -0.05) is 18.2 Å². The van der Waals surface area contributed by atoms with Gasteiger partial charge in [0.25, 0.3) is 5.91 Å². The maximum absolute atomic E-state index is 12.6. The standard InChI is InChI=1S/C19H20N2O3S/c1-13-18(22)20-16-12-14(8-9-17(16)25-13)19(23)21(2)10-11-24-15-6-4-3-5-7-15/h3-9,12-13H,10-11H2,1-2H3,(H,20,22)/t13-/m1/s1. The van der Waals surface area contributed by atoms with Gasteiger partial charge in [-0.2, -0.15) is 0 Å². The Morgan fingerprint density at radius 1 is 1.24 bits per heavy atom. The number of ether oxygens (including phenoxy) is 1. The number of anilines is 1. The molecular weight excluding hydrogens is 336 g/mol. The molecule has 0 bridgehead atoms. The highest BCUT2D eigenvalue weighted by atomic mass is 32.2. The van der Waals surface area contributed by atoms with Crippen LogP contribution in [-0.4, -0.2) is 42.2 Å². The van der Waals surface area contributed by atoms with Crippen LogP contribution in [0.3, 0.4) is 0 Å². The molecule has 25 heavy (non-hydrogen) atoms. The summed E-state index contributed by atoms with van der Waals surface area (Å²) >= 11 is 1.50. The zero-order chi connectivity index (χ0) is 17.8. The fourth-order valence-electron chi connectivity index (χ4n) is 2.48. The maximum atomic E-state index is 12.6. The summed E-state index contributed by atoms with van der Waals surface area (Å²) in [6, 6.07) is 14.9. The molecule has 1 aliphatic rings. The average molecular weight is 356 g/mol. The SMILES string of the molecule is C[C@H]1Sc2ccc(C(=O)N(C)CCOc3ccccc3)cc2NC1=O. The fourth-order valence-corrected chi connectivity index (χ4v) is 3.41. The molecule has 2 amide bonds. The van der Waals surface area contributed by atoms with E-state index in [2.05, 4.69) is 5.32 Å². The van der Waals surface area contributed by atoms with Crippen molar-refractivity contribution in [1.82, 2.24) is 4.90 Å². The van der Waals surface area contributed by atoms with Crippen LogP contribution in [-0.2, 0) is 4.79 Å². The van der Waals surface area contributed by atoms with E-state index in [0.29, 0.717) is 24.4 Å². The first-order valence-corrected chi connectivity index (χ1v) is 8.97. The summed E-state index contributed by atoms with van der Waals surface area (Å²) in [5, 5.41) is 2.73. The van der Waals surface area contributed by atoms with E-state index in [1.807, 2.05) is 43.3 Å². The fraction of sp³-hybridized carbons (Fsp3) is 0.263. The monoisotopic (exact) mass is 356 g/mol. The number of fused-ring (bicyclic) bond motifs is 1. The molecule has 6 heteroatoms. The second-order valence-corrected chi connectivity index (χ2v) is 7.23. The zero-order valence-electron chi connectivity index (χ0n) is 14.2. The first kappa shape index (κ1) is 17.4. The van der Waals surface area contributed by atoms with Gasteiger partial charge in [0.1, 0.15) is 12.4 Å². The van der Waals surface area contributed by atoms with E-state index in [-0.39, 0.29) is 17.1 Å². The number of carbonyl (C=O) groups excluding carboxylic acids is 2. The minimum absolute atomic E-state index is 0.0354. The van der Waals surface area contributed by atoms with Crippen molar-refractivity contribution in [2.75, 3.05) is 25.5 Å². The highest BCUT2D eigenvalue weighted by molar-refractivity contribution is 8.00. The van der Waals surface area contributed by atoms with Crippen molar-refractivity contribution in [3.05, 3.63) is 54.1 Å². The van der Waals surface area contributed by atoms with Gasteiger partial charge in [0.2, 0.25) is 5.91 Å². The molecule has 0 saturated carbocycles. The molecule has 0 fully saturated rings.